The quantitative estimate of drug-likeness (QED) is 0.331. The van der Waals surface area contributed by atoms with E-state index in [1.807, 2.05) is 0 Å². The molecule has 1 N–H and O–H groups in total. The molecule has 2 heterocycles. The summed E-state index contributed by atoms with van der Waals surface area (Å²) in [6, 6.07) is 2.31. The molecule has 0 radical (unpaired) electrons. The number of nitrogens with zero attached hydrogens (tertiary/aromatic N) is 4. The second kappa shape index (κ2) is 10.2. The van der Waals surface area contributed by atoms with E-state index in [9.17, 15) is 29.8 Å². The number of hydrogen-bond acceptors (Lipinski definition) is 9. The number of hydrogen-bond donors (Lipinski definition) is 1. The van der Waals surface area contributed by atoms with Crippen LogP contribution in [0.4, 0.5) is 11.4 Å². The minimum absolute atomic E-state index is 0.298. The molecular formula is C16H14Br2N4O8. The van der Waals surface area contributed by atoms with Crippen molar-refractivity contribution < 1.29 is 29.3 Å². The van der Waals surface area contributed by atoms with Gasteiger partial charge in [0.15, 0.2) is 0 Å². The molecule has 0 spiro atoms. The Kier molecular flexibility index (Phi) is 8.48. The molecule has 0 aliphatic rings. The van der Waals surface area contributed by atoms with Crippen molar-refractivity contribution in [2.75, 3.05) is 0 Å². The van der Waals surface area contributed by atoms with Gasteiger partial charge in [-0.25, -0.2) is 19.6 Å². The summed E-state index contributed by atoms with van der Waals surface area (Å²) < 4.78 is 5.83. The molecule has 160 valence electrons. The Balaban J connectivity index is 0.000000311. The van der Waals surface area contributed by atoms with E-state index in [1.54, 1.807) is 20.8 Å². The summed E-state index contributed by atoms with van der Waals surface area (Å²) in [6.45, 7) is 5.03. The molecule has 0 atom stereocenters. The summed E-state index contributed by atoms with van der Waals surface area (Å²) in [5.41, 5.74) is -2.49. The van der Waals surface area contributed by atoms with Gasteiger partial charge in [0, 0.05) is 33.5 Å². The first kappa shape index (κ1) is 25.0. The molecule has 14 heteroatoms. The average molecular weight is 550 g/mol. The highest BCUT2D eigenvalue weighted by atomic mass is 79.9. The third-order valence-electron chi connectivity index (χ3n) is 2.86. The van der Waals surface area contributed by atoms with Gasteiger partial charge < -0.3 is 9.84 Å². The van der Waals surface area contributed by atoms with E-state index in [2.05, 4.69) is 41.8 Å². The molecular weight excluding hydrogens is 536 g/mol. The molecule has 0 amide bonds. The van der Waals surface area contributed by atoms with Crippen LogP contribution in [0.5, 0.6) is 0 Å². The van der Waals surface area contributed by atoms with Gasteiger partial charge in [-0.05, 0) is 52.6 Å². The molecule has 0 aliphatic heterocycles. The van der Waals surface area contributed by atoms with Gasteiger partial charge in [0.05, 0.1) is 9.85 Å². The number of rotatable bonds is 4. The SMILES string of the molecule is CC(C)(C)OC(=O)c1ncc(Br)cc1[N+](=O)[O-].O=C(O)c1ncc(Br)cc1[N+](=O)[O-]. The fraction of sp³-hybridized carbons (Fsp3) is 0.250. The minimum Gasteiger partial charge on any atom is -0.476 e. The van der Waals surface area contributed by atoms with Gasteiger partial charge in [0.1, 0.15) is 5.60 Å². The number of carboxylic acids is 1. The Bertz CT molecular complexity index is 1010. The highest BCUT2D eigenvalue weighted by molar-refractivity contribution is 9.10. The number of esters is 1. The van der Waals surface area contributed by atoms with Crippen LogP contribution < -0.4 is 0 Å². The Hall–Kier alpha value is -3.00. The third-order valence-corrected chi connectivity index (χ3v) is 3.72. The van der Waals surface area contributed by atoms with Crippen LogP contribution in [-0.4, -0.2) is 42.5 Å². The molecule has 2 aromatic heterocycles. The molecule has 12 nitrogen and oxygen atoms in total. The predicted octanol–water partition coefficient (Wildman–Crippen LogP) is 4.16. The summed E-state index contributed by atoms with van der Waals surface area (Å²) in [5, 5.41) is 29.7. The number of nitro groups is 2. The van der Waals surface area contributed by atoms with E-state index in [4.69, 9.17) is 9.84 Å². The van der Waals surface area contributed by atoms with Crippen molar-refractivity contribution >= 4 is 55.2 Å². The first-order chi connectivity index (χ1) is 13.7. The molecule has 0 bridgehead atoms. The van der Waals surface area contributed by atoms with Crippen molar-refractivity contribution in [1.82, 2.24) is 9.97 Å². The number of halogens is 2. The normalized spacial score (nSPS) is 10.4. The molecule has 2 rings (SSSR count). The molecule has 0 saturated carbocycles. The van der Waals surface area contributed by atoms with E-state index in [-0.39, 0.29) is 11.4 Å². The van der Waals surface area contributed by atoms with Crippen LogP contribution in [0.2, 0.25) is 0 Å². The maximum atomic E-state index is 11.7. The summed E-state index contributed by atoms with van der Waals surface area (Å²) >= 11 is 6.01. The Morgan fingerprint density at radius 3 is 1.73 bits per heavy atom. The number of aromatic nitrogens is 2. The maximum absolute atomic E-state index is 11.7. The molecule has 0 aromatic carbocycles. The summed E-state index contributed by atoms with van der Waals surface area (Å²) in [4.78, 5) is 49.0. The van der Waals surface area contributed by atoms with Crippen LogP contribution in [-0.2, 0) is 4.74 Å². The lowest BCUT2D eigenvalue weighted by Gasteiger charge is -2.18. The predicted molar refractivity (Wildman–Crippen MR) is 109 cm³/mol. The second-order valence-electron chi connectivity index (χ2n) is 6.36. The summed E-state index contributed by atoms with van der Waals surface area (Å²) in [6.07, 6.45) is 2.50. The number of aromatic carboxylic acids is 1. The van der Waals surface area contributed by atoms with E-state index < -0.39 is 38.8 Å². The standard InChI is InChI=1S/C10H11BrN2O4.C6H3BrN2O4/c1-10(2,3)17-9(14)8-7(13(15)16)4-6(11)5-12-8;7-3-1-4(9(12)13)5(6(10)11)8-2-3/h4-5H,1-3H3;1-2H,(H,10,11). The highest BCUT2D eigenvalue weighted by Crippen LogP contribution is 2.23. The minimum atomic E-state index is -1.42. The second-order valence-corrected chi connectivity index (χ2v) is 8.20. The van der Waals surface area contributed by atoms with Gasteiger partial charge >= 0.3 is 23.3 Å². The zero-order chi connectivity index (χ0) is 23.2. The lowest BCUT2D eigenvalue weighted by Crippen LogP contribution is -2.25. The third kappa shape index (κ3) is 7.44. The number of pyridine rings is 2. The highest BCUT2D eigenvalue weighted by Gasteiger charge is 2.27. The van der Waals surface area contributed by atoms with Crippen molar-refractivity contribution in [2.24, 2.45) is 0 Å². The topological polar surface area (TPSA) is 176 Å². The summed E-state index contributed by atoms with van der Waals surface area (Å²) in [7, 11) is 0. The molecule has 0 saturated heterocycles. The molecule has 0 fully saturated rings. The zero-order valence-corrected chi connectivity index (χ0v) is 18.8. The van der Waals surface area contributed by atoms with Crippen LogP contribution >= 0.6 is 31.9 Å². The summed E-state index contributed by atoms with van der Waals surface area (Å²) in [5.74, 6) is -2.23. The Morgan fingerprint density at radius 1 is 0.967 bits per heavy atom. The molecule has 2 aromatic rings. The first-order valence-corrected chi connectivity index (χ1v) is 9.38. The van der Waals surface area contributed by atoms with Crippen LogP contribution in [0, 0.1) is 20.2 Å². The van der Waals surface area contributed by atoms with Crippen LogP contribution in [0.25, 0.3) is 0 Å². The van der Waals surface area contributed by atoms with Crippen molar-refractivity contribution in [1.29, 1.82) is 0 Å². The monoisotopic (exact) mass is 548 g/mol. The maximum Gasteiger partial charge on any atom is 0.364 e. The lowest BCUT2D eigenvalue weighted by molar-refractivity contribution is -0.385. The van der Waals surface area contributed by atoms with Crippen molar-refractivity contribution in [2.45, 2.75) is 26.4 Å². The smallest absolute Gasteiger partial charge is 0.364 e. The fourth-order valence-corrected chi connectivity index (χ4v) is 2.42. The van der Waals surface area contributed by atoms with Gasteiger partial charge in [0.25, 0.3) is 0 Å². The van der Waals surface area contributed by atoms with E-state index in [1.165, 1.54) is 18.5 Å². The number of carbonyl (C=O) groups is 2. The van der Waals surface area contributed by atoms with Crippen molar-refractivity contribution in [3.05, 3.63) is 65.1 Å². The molecule has 0 aliphatic carbocycles. The van der Waals surface area contributed by atoms with Crippen molar-refractivity contribution in [3.63, 3.8) is 0 Å². The fourth-order valence-electron chi connectivity index (χ4n) is 1.78. The van der Waals surface area contributed by atoms with Crippen LogP contribution in [0.1, 0.15) is 41.7 Å². The van der Waals surface area contributed by atoms with Gasteiger partial charge in [-0.3, -0.25) is 20.2 Å². The lowest BCUT2D eigenvalue weighted by atomic mass is 10.2. The van der Waals surface area contributed by atoms with Gasteiger partial charge in [-0.1, -0.05) is 0 Å². The largest absolute Gasteiger partial charge is 0.476 e. The average Bonchev–Trinajstić information content (AvgIpc) is 2.60. The number of ether oxygens (including phenoxy) is 1. The van der Waals surface area contributed by atoms with Gasteiger partial charge in [0.2, 0.25) is 11.4 Å². The Morgan fingerprint density at radius 2 is 1.37 bits per heavy atom. The molecule has 0 unspecified atom stereocenters. The van der Waals surface area contributed by atoms with E-state index in [0.29, 0.717) is 8.95 Å². The van der Waals surface area contributed by atoms with Gasteiger partial charge in [-0.2, -0.15) is 0 Å². The van der Waals surface area contributed by atoms with E-state index in [0.717, 1.165) is 6.07 Å². The van der Waals surface area contributed by atoms with Crippen LogP contribution in [0.15, 0.2) is 33.5 Å². The molecule has 30 heavy (non-hydrogen) atoms. The van der Waals surface area contributed by atoms with E-state index >= 15 is 0 Å². The van der Waals surface area contributed by atoms with Gasteiger partial charge in [-0.15, -0.1) is 0 Å². The first-order valence-electron chi connectivity index (χ1n) is 7.79. The Labute approximate surface area is 185 Å². The number of carbonyl (C=O) groups excluding carboxylic acids is 1. The number of carboxylic acid groups (broad SMARTS) is 1. The zero-order valence-electron chi connectivity index (χ0n) is 15.7. The van der Waals surface area contributed by atoms with Crippen LogP contribution in [0.3, 0.4) is 0 Å². The van der Waals surface area contributed by atoms with Crippen molar-refractivity contribution in [3.8, 4) is 0 Å².